The number of hydrogen-bond donors (Lipinski definition) is 1. The Hall–Kier alpha value is -0.120. The number of aliphatic hydroxyl groups is 1. The van der Waals surface area contributed by atoms with Gasteiger partial charge in [-0.2, -0.15) is 0 Å². The number of likely N-dealkylation sites (tertiary alicyclic amines) is 2. The van der Waals surface area contributed by atoms with Gasteiger partial charge in [0.15, 0.2) is 6.23 Å². The Balaban J connectivity index is 1.58. The summed E-state index contributed by atoms with van der Waals surface area (Å²) in [5.74, 6) is 0. The molecule has 0 aromatic carbocycles. The SMILES string of the molecule is C[N+]1(CCCCCC(O)[N+]2(C)CCCCC2)CCCCC1. The molecule has 0 aliphatic carbocycles. The monoisotopic (exact) mass is 298 g/mol. The molecule has 2 fully saturated rings. The first-order valence-corrected chi connectivity index (χ1v) is 9.40. The predicted molar refractivity (Wildman–Crippen MR) is 88.9 cm³/mol. The minimum absolute atomic E-state index is 0.120. The van der Waals surface area contributed by atoms with Crippen LogP contribution in [0, 0.1) is 0 Å². The number of unbranched alkanes of at least 4 members (excludes halogenated alkanes) is 2. The lowest BCUT2D eigenvalue weighted by Gasteiger charge is -2.41. The van der Waals surface area contributed by atoms with Gasteiger partial charge in [-0.1, -0.05) is 0 Å². The van der Waals surface area contributed by atoms with Crippen molar-refractivity contribution in [2.75, 3.05) is 46.8 Å². The van der Waals surface area contributed by atoms with E-state index in [0.717, 1.165) is 10.9 Å². The molecule has 1 unspecified atom stereocenters. The van der Waals surface area contributed by atoms with Crippen molar-refractivity contribution >= 4 is 0 Å². The maximum atomic E-state index is 10.5. The maximum Gasteiger partial charge on any atom is 0.190 e. The smallest absolute Gasteiger partial charge is 0.190 e. The summed E-state index contributed by atoms with van der Waals surface area (Å²) in [6.07, 6.45) is 13.0. The van der Waals surface area contributed by atoms with Gasteiger partial charge in [0.1, 0.15) is 0 Å². The Morgan fingerprint density at radius 1 is 0.762 bits per heavy atom. The molecule has 0 amide bonds. The molecular formula is C18H38N2O+2. The molecule has 124 valence electrons. The summed E-state index contributed by atoms with van der Waals surface area (Å²) in [5.41, 5.74) is 0. The van der Waals surface area contributed by atoms with Gasteiger partial charge < -0.3 is 14.1 Å². The van der Waals surface area contributed by atoms with Crippen molar-refractivity contribution in [2.24, 2.45) is 0 Å². The van der Waals surface area contributed by atoms with Crippen LogP contribution in [0.2, 0.25) is 0 Å². The zero-order valence-corrected chi connectivity index (χ0v) is 14.5. The standard InChI is InChI=1S/C18H38N2O/c1-19(14-8-4-9-15-19)13-7-3-6-12-18(21)20(2)16-10-5-11-17-20/h18,21H,3-17H2,1-2H3/q+2. The zero-order valence-electron chi connectivity index (χ0n) is 14.5. The van der Waals surface area contributed by atoms with Gasteiger partial charge in [0.25, 0.3) is 0 Å². The number of aliphatic hydroxyl groups excluding tert-OH is 1. The fourth-order valence-corrected chi connectivity index (χ4v) is 4.34. The Bertz CT molecular complexity index is 294. The predicted octanol–water partition coefficient (Wildman–Crippen LogP) is 3.13. The summed E-state index contributed by atoms with van der Waals surface area (Å²) in [7, 11) is 4.69. The third-order valence-electron chi connectivity index (χ3n) is 6.11. The van der Waals surface area contributed by atoms with Crippen LogP contribution in [0.4, 0.5) is 0 Å². The van der Waals surface area contributed by atoms with E-state index in [1.165, 1.54) is 95.0 Å². The van der Waals surface area contributed by atoms with Gasteiger partial charge in [-0.05, 0) is 57.8 Å². The Morgan fingerprint density at radius 2 is 1.33 bits per heavy atom. The molecule has 21 heavy (non-hydrogen) atoms. The first-order chi connectivity index (χ1) is 10.0. The second kappa shape index (κ2) is 7.94. The van der Waals surface area contributed by atoms with E-state index in [-0.39, 0.29) is 6.23 Å². The number of rotatable bonds is 7. The van der Waals surface area contributed by atoms with Gasteiger partial charge in [0, 0.05) is 6.42 Å². The van der Waals surface area contributed by atoms with Crippen molar-refractivity contribution in [2.45, 2.75) is 70.4 Å². The molecule has 0 saturated carbocycles. The van der Waals surface area contributed by atoms with Crippen LogP contribution in [0.1, 0.15) is 64.2 Å². The van der Waals surface area contributed by atoms with Crippen molar-refractivity contribution in [1.82, 2.24) is 0 Å². The fraction of sp³-hybridized carbons (Fsp3) is 1.00. The highest BCUT2D eigenvalue weighted by Crippen LogP contribution is 2.23. The van der Waals surface area contributed by atoms with Crippen molar-refractivity contribution in [3.8, 4) is 0 Å². The number of nitrogens with zero attached hydrogens (tertiary/aromatic N) is 2. The van der Waals surface area contributed by atoms with Crippen LogP contribution in [0.25, 0.3) is 0 Å². The molecule has 1 N–H and O–H groups in total. The van der Waals surface area contributed by atoms with E-state index >= 15 is 0 Å². The number of piperidine rings is 2. The summed E-state index contributed by atoms with van der Waals surface area (Å²) < 4.78 is 2.21. The van der Waals surface area contributed by atoms with Gasteiger partial charge in [-0.25, -0.2) is 0 Å². The molecule has 2 heterocycles. The lowest BCUT2D eigenvalue weighted by atomic mass is 10.0. The molecule has 0 radical (unpaired) electrons. The first kappa shape index (κ1) is 17.2. The van der Waals surface area contributed by atoms with Crippen molar-refractivity contribution in [3.05, 3.63) is 0 Å². The Labute approximate surface area is 132 Å². The van der Waals surface area contributed by atoms with Gasteiger partial charge in [0.05, 0.1) is 46.8 Å². The average molecular weight is 299 g/mol. The second-order valence-corrected chi connectivity index (χ2v) is 8.17. The van der Waals surface area contributed by atoms with Crippen LogP contribution in [0.15, 0.2) is 0 Å². The van der Waals surface area contributed by atoms with Crippen molar-refractivity contribution in [3.63, 3.8) is 0 Å². The van der Waals surface area contributed by atoms with E-state index in [4.69, 9.17) is 0 Å². The Kier molecular flexibility index (Phi) is 6.51. The van der Waals surface area contributed by atoms with E-state index in [2.05, 4.69) is 14.1 Å². The van der Waals surface area contributed by atoms with Crippen LogP contribution < -0.4 is 0 Å². The van der Waals surface area contributed by atoms with Crippen molar-refractivity contribution in [1.29, 1.82) is 0 Å². The first-order valence-electron chi connectivity index (χ1n) is 9.40. The third-order valence-corrected chi connectivity index (χ3v) is 6.11. The summed E-state index contributed by atoms with van der Waals surface area (Å²) in [6.45, 7) is 6.48. The van der Waals surface area contributed by atoms with Crippen LogP contribution in [0.5, 0.6) is 0 Å². The van der Waals surface area contributed by atoms with E-state index in [1.54, 1.807) is 0 Å². The Morgan fingerprint density at radius 3 is 1.95 bits per heavy atom. The van der Waals surface area contributed by atoms with Crippen LogP contribution >= 0.6 is 0 Å². The summed E-state index contributed by atoms with van der Waals surface area (Å²) in [6, 6.07) is 0. The highest BCUT2D eigenvalue weighted by atomic mass is 16.3. The zero-order chi connectivity index (χ0) is 15.2. The normalized spacial score (nSPS) is 26.4. The molecule has 2 saturated heterocycles. The van der Waals surface area contributed by atoms with Crippen molar-refractivity contribution < 1.29 is 14.1 Å². The van der Waals surface area contributed by atoms with Gasteiger partial charge in [-0.15, -0.1) is 0 Å². The average Bonchev–Trinajstić information content (AvgIpc) is 2.48. The fourth-order valence-electron chi connectivity index (χ4n) is 4.34. The molecule has 0 bridgehead atoms. The number of hydrogen-bond acceptors (Lipinski definition) is 1. The number of quaternary nitrogens is 2. The molecule has 0 spiro atoms. The quantitative estimate of drug-likeness (QED) is 0.565. The minimum Gasteiger partial charge on any atom is -0.345 e. The summed E-state index contributed by atoms with van der Waals surface area (Å²) in [5, 5.41) is 10.5. The third kappa shape index (κ3) is 5.22. The topological polar surface area (TPSA) is 20.2 Å². The highest BCUT2D eigenvalue weighted by molar-refractivity contribution is 4.56. The molecule has 0 aromatic heterocycles. The van der Waals surface area contributed by atoms with E-state index in [1.807, 2.05) is 0 Å². The van der Waals surface area contributed by atoms with E-state index in [0.29, 0.717) is 0 Å². The van der Waals surface area contributed by atoms with Crippen LogP contribution in [-0.2, 0) is 0 Å². The molecule has 0 aromatic rings. The van der Waals surface area contributed by atoms with Gasteiger partial charge >= 0.3 is 0 Å². The summed E-state index contributed by atoms with van der Waals surface area (Å²) >= 11 is 0. The minimum atomic E-state index is -0.120. The lowest BCUT2D eigenvalue weighted by Crippen LogP contribution is -2.55. The van der Waals surface area contributed by atoms with Gasteiger partial charge in [0.2, 0.25) is 0 Å². The molecule has 1 atom stereocenters. The summed E-state index contributed by atoms with van der Waals surface area (Å²) in [4.78, 5) is 0. The largest absolute Gasteiger partial charge is 0.345 e. The molecule has 3 heteroatoms. The molecule has 2 aliphatic rings. The maximum absolute atomic E-state index is 10.5. The van der Waals surface area contributed by atoms with E-state index < -0.39 is 0 Å². The molecule has 3 nitrogen and oxygen atoms in total. The van der Waals surface area contributed by atoms with Crippen LogP contribution in [-0.4, -0.2) is 67.1 Å². The molecular weight excluding hydrogens is 260 g/mol. The van der Waals surface area contributed by atoms with Gasteiger partial charge in [-0.3, -0.25) is 0 Å². The molecule has 2 aliphatic heterocycles. The lowest BCUT2D eigenvalue weighted by molar-refractivity contribution is -0.958. The highest BCUT2D eigenvalue weighted by Gasteiger charge is 2.32. The molecule has 2 rings (SSSR count). The second-order valence-electron chi connectivity index (χ2n) is 8.17. The van der Waals surface area contributed by atoms with Crippen LogP contribution in [0.3, 0.4) is 0 Å². The van der Waals surface area contributed by atoms with E-state index in [9.17, 15) is 5.11 Å².